The lowest BCUT2D eigenvalue weighted by molar-refractivity contribution is -0.141. The van der Waals surface area contributed by atoms with Crippen LogP contribution in [0.15, 0.2) is 53.4 Å². The lowest BCUT2D eigenvalue weighted by Crippen LogP contribution is -2.51. The fraction of sp³-hybridized carbons (Fsp3) is 0.391. The largest absolute Gasteiger partial charge is 0.497 e. The van der Waals surface area contributed by atoms with E-state index in [0.29, 0.717) is 23.7 Å². The Labute approximate surface area is 200 Å². The molecular formula is C23H30ClN3O5S. The number of ether oxygens (including phenoxy) is 1. The fourth-order valence-corrected chi connectivity index (χ4v) is 4.58. The van der Waals surface area contributed by atoms with E-state index in [1.807, 2.05) is 6.07 Å². The van der Waals surface area contributed by atoms with Crippen molar-refractivity contribution in [2.75, 3.05) is 27.2 Å². The van der Waals surface area contributed by atoms with Gasteiger partial charge in [0.2, 0.25) is 21.8 Å². The minimum atomic E-state index is -3.92. The van der Waals surface area contributed by atoms with Crippen molar-refractivity contribution in [3.63, 3.8) is 0 Å². The molecule has 0 fully saturated rings. The molecule has 0 saturated carbocycles. The van der Waals surface area contributed by atoms with E-state index in [4.69, 9.17) is 16.3 Å². The molecule has 0 aliphatic heterocycles. The van der Waals surface area contributed by atoms with Crippen LogP contribution >= 0.6 is 11.6 Å². The zero-order chi connectivity index (χ0) is 24.6. The van der Waals surface area contributed by atoms with E-state index >= 15 is 0 Å². The van der Waals surface area contributed by atoms with Crippen molar-refractivity contribution >= 4 is 33.4 Å². The number of amides is 2. The summed E-state index contributed by atoms with van der Waals surface area (Å²) in [5.74, 6) is -0.163. The van der Waals surface area contributed by atoms with Crippen molar-refractivity contribution in [1.29, 1.82) is 0 Å². The van der Waals surface area contributed by atoms with Gasteiger partial charge in [-0.15, -0.1) is 0 Å². The number of rotatable bonds is 11. The number of hydrogen-bond acceptors (Lipinski definition) is 5. The number of benzene rings is 2. The van der Waals surface area contributed by atoms with Crippen molar-refractivity contribution < 1.29 is 22.7 Å². The van der Waals surface area contributed by atoms with Crippen LogP contribution < -0.4 is 10.1 Å². The molecule has 1 N–H and O–H groups in total. The molecule has 0 heterocycles. The van der Waals surface area contributed by atoms with E-state index in [2.05, 4.69) is 5.32 Å². The second kappa shape index (κ2) is 12.0. The average Bonchev–Trinajstić information content (AvgIpc) is 2.79. The van der Waals surface area contributed by atoms with Crippen LogP contribution in [0.25, 0.3) is 0 Å². The molecule has 2 rings (SSSR count). The highest BCUT2D eigenvalue weighted by atomic mass is 35.5. The van der Waals surface area contributed by atoms with Gasteiger partial charge in [-0.1, -0.05) is 30.7 Å². The third kappa shape index (κ3) is 6.93. The molecule has 0 aliphatic carbocycles. The van der Waals surface area contributed by atoms with E-state index in [1.165, 1.54) is 36.2 Å². The summed E-state index contributed by atoms with van der Waals surface area (Å²) in [4.78, 5) is 27.5. The minimum Gasteiger partial charge on any atom is -0.497 e. The summed E-state index contributed by atoms with van der Waals surface area (Å²) in [6.45, 7) is 3.72. The second-order valence-corrected chi connectivity index (χ2v) is 9.89. The van der Waals surface area contributed by atoms with Crippen LogP contribution in [0.4, 0.5) is 0 Å². The van der Waals surface area contributed by atoms with Gasteiger partial charge in [0, 0.05) is 25.2 Å². The molecule has 180 valence electrons. The summed E-state index contributed by atoms with van der Waals surface area (Å²) in [6.07, 6.45) is 0.370. The summed E-state index contributed by atoms with van der Waals surface area (Å²) in [6, 6.07) is 12.1. The second-order valence-electron chi connectivity index (χ2n) is 7.41. The zero-order valence-electron chi connectivity index (χ0n) is 19.2. The van der Waals surface area contributed by atoms with Crippen LogP contribution in [-0.4, -0.2) is 62.7 Å². The molecular weight excluding hydrogens is 466 g/mol. The number of hydrogen-bond donors (Lipinski definition) is 1. The summed E-state index contributed by atoms with van der Waals surface area (Å²) in [5, 5.41) is 3.16. The molecule has 2 aromatic rings. The van der Waals surface area contributed by atoms with Gasteiger partial charge in [-0.2, -0.15) is 4.31 Å². The Bertz CT molecular complexity index is 1060. The lowest BCUT2D eigenvalue weighted by Gasteiger charge is -2.32. The molecule has 0 spiro atoms. The van der Waals surface area contributed by atoms with Gasteiger partial charge < -0.3 is 15.0 Å². The van der Waals surface area contributed by atoms with Crippen LogP contribution in [0.5, 0.6) is 5.75 Å². The molecule has 0 aliphatic rings. The van der Waals surface area contributed by atoms with Crippen LogP contribution in [0.2, 0.25) is 5.02 Å². The van der Waals surface area contributed by atoms with Gasteiger partial charge in [-0.3, -0.25) is 9.59 Å². The van der Waals surface area contributed by atoms with Crippen LogP contribution in [0.3, 0.4) is 0 Å². The van der Waals surface area contributed by atoms with Crippen LogP contribution in [-0.2, 0) is 26.2 Å². The molecule has 0 unspecified atom stereocenters. The van der Waals surface area contributed by atoms with Crippen molar-refractivity contribution in [1.82, 2.24) is 14.5 Å². The number of nitrogens with zero attached hydrogens (tertiary/aromatic N) is 2. The van der Waals surface area contributed by atoms with E-state index in [1.54, 1.807) is 39.2 Å². The maximum absolute atomic E-state index is 13.3. The highest BCUT2D eigenvalue weighted by molar-refractivity contribution is 7.89. The quantitative estimate of drug-likeness (QED) is 0.517. The molecule has 33 heavy (non-hydrogen) atoms. The first-order chi connectivity index (χ1) is 15.6. The van der Waals surface area contributed by atoms with Crippen LogP contribution in [0.1, 0.15) is 25.8 Å². The molecule has 8 nitrogen and oxygen atoms in total. The van der Waals surface area contributed by atoms with E-state index in [0.717, 1.165) is 9.87 Å². The van der Waals surface area contributed by atoms with Gasteiger partial charge in [0.1, 0.15) is 11.8 Å². The Morgan fingerprint density at radius 2 is 1.79 bits per heavy atom. The Balaban J connectivity index is 2.33. The Hall–Kier alpha value is -2.62. The number of likely N-dealkylation sites (N-methyl/N-ethyl adjacent to an activating group) is 2. The van der Waals surface area contributed by atoms with Gasteiger partial charge in [0.05, 0.1) is 18.6 Å². The summed E-state index contributed by atoms with van der Waals surface area (Å²) in [5.41, 5.74) is 0.758. The summed E-state index contributed by atoms with van der Waals surface area (Å²) >= 11 is 5.86. The van der Waals surface area contributed by atoms with E-state index in [-0.39, 0.29) is 17.3 Å². The maximum Gasteiger partial charge on any atom is 0.243 e. The number of methoxy groups -OCH3 is 1. The van der Waals surface area contributed by atoms with Gasteiger partial charge in [-0.05, 0) is 55.3 Å². The lowest BCUT2D eigenvalue weighted by atomic mass is 10.1. The summed E-state index contributed by atoms with van der Waals surface area (Å²) < 4.78 is 32.1. The van der Waals surface area contributed by atoms with E-state index < -0.39 is 28.5 Å². The topological polar surface area (TPSA) is 96.0 Å². The zero-order valence-corrected chi connectivity index (χ0v) is 20.8. The number of sulfonamides is 1. The SMILES string of the molecule is CCNC(=O)[C@H](CC)N(Cc1cccc(OC)c1)C(=O)CN(C)S(=O)(=O)c1ccc(Cl)cc1. The highest BCUT2D eigenvalue weighted by Gasteiger charge is 2.31. The third-order valence-corrected chi connectivity index (χ3v) is 7.17. The predicted molar refractivity (Wildman–Crippen MR) is 128 cm³/mol. The Morgan fingerprint density at radius 3 is 2.36 bits per heavy atom. The molecule has 0 aromatic heterocycles. The number of halogens is 1. The van der Waals surface area contributed by atoms with Gasteiger partial charge in [-0.25, -0.2) is 8.42 Å². The number of carbonyl (C=O) groups is 2. The molecule has 0 saturated heterocycles. The molecule has 0 bridgehead atoms. The number of carbonyl (C=O) groups excluding carboxylic acids is 2. The molecule has 2 aromatic carbocycles. The minimum absolute atomic E-state index is 0.0253. The number of nitrogens with one attached hydrogen (secondary N) is 1. The first kappa shape index (κ1) is 26.6. The molecule has 2 amide bonds. The van der Waals surface area contributed by atoms with E-state index in [9.17, 15) is 18.0 Å². The molecule has 10 heteroatoms. The van der Waals surface area contributed by atoms with Crippen molar-refractivity contribution in [2.24, 2.45) is 0 Å². The van der Waals surface area contributed by atoms with Gasteiger partial charge in [0.15, 0.2) is 0 Å². The smallest absolute Gasteiger partial charge is 0.243 e. The van der Waals surface area contributed by atoms with Crippen molar-refractivity contribution in [3.8, 4) is 5.75 Å². The van der Waals surface area contributed by atoms with Gasteiger partial charge in [0.25, 0.3) is 0 Å². The van der Waals surface area contributed by atoms with Gasteiger partial charge >= 0.3 is 0 Å². The molecule has 0 radical (unpaired) electrons. The standard InChI is InChI=1S/C23H30ClN3O5S/c1-5-21(23(29)25-6-2)27(15-17-8-7-9-19(14-17)32-4)22(28)16-26(3)33(30,31)20-12-10-18(24)11-13-20/h7-14,21H,5-6,15-16H2,1-4H3,(H,25,29)/t21-/m0/s1. The Kier molecular flexibility index (Phi) is 9.70. The predicted octanol–water partition coefficient (Wildman–Crippen LogP) is 2.91. The average molecular weight is 496 g/mol. The van der Waals surface area contributed by atoms with Crippen LogP contribution in [0, 0.1) is 0 Å². The summed E-state index contributed by atoms with van der Waals surface area (Å²) in [7, 11) is -1.05. The third-order valence-electron chi connectivity index (χ3n) is 5.10. The van der Waals surface area contributed by atoms with Crippen molar-refractivity contribution in [2.45, 2.75) is 37.8 Å². The maximum atomic E-state index is 13.3. The molecule has 1 atom stereocenters. The van der Waals surface area contributed by atoms with Crippen molar-refractivity contribution in [3.05, 3.63) is 59.1 Å². The fourth-order valence-electron chi connectivity index (χ4n) is 3.33. The first-order valence-corrected chi connectivity index (χ1v) is 12.4. The highest BCUT2D eigenvalue weighted by Crippen LogP contribution is 2.20. The first-order valence-electron chi connectivity index (χ1n) is 10.6. The Morgan fingerprint density at radius 1 is 1.12 bits per heavy atom. The monoisotopic (exact) mass is 495 g/mol. The normalized spacial score (nSPS) is 12.3.